The molecule has 13 aliphatic rings. The van der Waals surface area contributed by atoms with Crippen molar-refractivity contribution in [2.75, 3.05) is 130 Å². The zero-order valence-corrected chi connectivity index (χ0v) is 49.3. The molecule has 11 heterocycles. The van der Waals surface area contributed by atoms with Crippen LogP contribution in [0.15, 0.2) is 36.4 Å². The van der Waals surface area contributed by atoms with Crippen molar-refractivity contribution in [1.29, 1.82) is 0 Å². The van der Waals surface area contributed by atoms with Crippen molar-refractivity contribution in [3.05, 3.63) is 103 Å². The maximum atomic E-state index is 6.73. The highest BCUT2D eigenvalue weighted by Crippen LogP contribution is 2.54. The summed E-state index contributed by atoms with van der Waals surface area (Å²) in [5.41, 5.74) is 10.1. The Morgan fingerprint density at radius 3 is 0.506 bits per heavy atom. The van der Waals surface area contributed by atoms with E-state index >= 15 is 0 Å². The van der Waals surface area contributed by atoms with E-state index in [0.29, 0.717) is 142 Å². The molecule has 0 amide bonds. The molecule has 18 nitrogen and oxygen atoms in total. The molecule has 0 saturated heterocycles. The van der Waals surface area contributed by atoms with E-state index in [0.717, 1.165) is 66.8 Å². The van der Waals surface area contributed by atoms with Gasteiger partial charge in [-0.15, -0.1) is 23.2 Å². The highest BCUT2D eigenvalue weighted by Gasteiger charge is 2.35. The third-order valence-corrected chi connectivity index (χ3v) is 14.9. The van der Waals surface area contributed by atoms with Gasteiger partial charge in [0.2, 0.25) is 34.5 Å². The van der Waals surface area contributed by atoms with E-state index < -0.39 is 0 Å². The molecular weight excluding hydrogens is 1090 g/mol. The summed E-state index contributed by atoms with van der Waals surface area (Å²) in [6.45, 7) is 0.334. The van der Waals surface area contributed by atoms with Crippen LogP contribution in [0, 0.1) is 0 Å². The van der Waals surface area contributed by atoms with E-state index in [1.54, 1.807) is 85.3 Å². The fourth-order valence-electron chi connectivity index (χ4n) is 11.4. The first-order valence-electron chi connectivity index (χ1n) is 26.0. The van der Waals surface area contributed by atoms with Crippen LogP contribution in [0.1, 0.15) is 66.8 Å². The predicted molar refractivity (Wildman–Crippen MR) is 304 cm³/mol. The van der Waals surface area contributed by atoms with Gasteiger partial charge in [-0.1, -0.05) is 0 Å². The van der Waals surface area contributed by atoms with Gasteiger partial charge in [-0.25, -0.2) is 0 Å². The van der Waals surface area contributed by atoms with Crippen molar-refractivity contribution in [3.8, 4) is 103 Å². The normalized spacial score (nSPS) is 13.9. The van der Waals surface area contributed by atoms with Crippen molar-refractivity contribution in [2.24, 2.45) is 0 Å². The minimum absolute atomic E-state index is 0.0557. The molecule has 0 unspecified atom stereocenters. The summed E-state index contributed by atoms with van der Waals surface area (Å²) in [5, 5.41) is 0.194. The Morgan fingerprint density at radius 1 is 0.259 bits per heavy atom. The number of hydrogen-bond donors (Lipinski definition) is 0. The van der Waals surface area contributed by atoms with E-state index in [2.05, 4.69) is 0 Å². The standard InChI is InChI=1S/C60H66O18.CH2Cl2/c1-61-43-25-31-19-38-33-21-39-32-20-37(31)49(67-7)55(43)73-13-14-74-57-46(64-4)28-34-23-41-36(30-48(66-6)59(53(41)71-11)77-16-15-75-56(50(38)68-8)45(27-33)63-3)24-42-35(22-40(34)52(57)70-10)29-47(65-5)60(54(42)72-12)78-18-17-76-58(51(39)69-9)44(26-32)62-2;2-1-3/h25-30H,13-24H2,1-12H3;1H2. The molecule has 81 heavy (non-hydrogen) atoms. The summed E-state index contributed by atoms with van der Waals surface area (Å²) >= 11 is 9.53. The van der Waals surface area contributed by atoms with Gasteiger partial charge < -0.3 is 85.3 Å². The zero-order valence-electron chi connectivity index (χ0n) is 47.8. The topological polar surface area (TPSA) is 166 Å². The third kappa shape index (κ3) is 10.9. The first-order chi connectivity index (χ1) is 39.5. The lowest BCUT2D eigenvalue weighted by Gasteiger charge is -2.24. The first kappa shape index (κ1) is 58.0. The third-order valence-electron chi connectivity index (χ3n) is 14.9. The van der Waals surface area contributed by atoms with Gasteiger partial charge >= 0.3 is 0 Å². The Kier molecular flexibility index (Phi) is 18.5. The van der Waals surface area contributed by atoms with Crippen molar-refractivity contribution >= 4 is 23.2 Å². The van der Waals surface area contributed by atoms with Crippen LogP contribution in [-0.4, -0.2) is 130 Å². The van der Waals surface area contributed by atoms with Crippen LogP contribution < -0.4 is 85.3 Å². The van der Waals surface area contributed by atoms with Crippen molar-refractivity contribution in [2.45, 2.75) is 38.5 Å². The molecule has 2 aliphatic carbocycles. The molecule has 0 fully saturated rings. The lowest BCUT2D eigenvalue weighted by molar-refractivity contribution is 0.194. The van der Waals surface area contributed by atoms with Crippen LogP contribution in [0.25, 0.3) is 0 Å². The molecule has 0 spiro atoms. The average molecular weight is 1160 g/mol. The van der Waals surface area contributed by atoms with Crippen LogP contribution in [0.3, 0.4) is 0 Å². The minimum Gasteiger partial charge on any atom is -0.493 e. The SMILES string of the molecule is COc1cc2c3c(OC)c1OCCOc1c(OC)cc4c(c1OC)Cc1cc(OC)c5c(OC)c1Cc1cc(OC)c(c(OC)c1C4)OCCOc1c(OC)cc(c(c1OC)C2)Cc1c(cc(OC)c(c1OC)OCCO5)C3.ClCCl. The van der Waals surface area contributed by atoms with Gasteiger partial charge in [0.15, 0.2) is 69.0 Å². The molecule has 0 aromatic heterocycles. The van der Waals surface area contributed by atoms with E-state index in [-0.39, 0.29) is 45.0 Å². The molecule has 18 bridgehead atoms. The van der Waals surface area contributed by atoms with E-state index in [9.17, 15) is 0 Å². The predicted octanol–water partition coefficient (Wildman–Crippen LogP) is 10.4. The Balaban J connectivity index is 0.00000258. The van der Waals surface area contributed by atoms with Crippen LogP contribution in [0.5, 0.6) is 103 Å². The van der Waals surface area contributed by atoms with Crippen molar-refractivity contribution < 1.29 is 85.3 Å². The van der Waals surface area contributed by atoms with Gasteiger partial charge in [-0.05, 0) is 69.8 Å². The summed E-state index contributed by atoms with van der Waals surface area (Å²) in [5.74, 6) is 7.74. The summed E-state index contributed by atoms with van der Waals surface area (Å²) in [6, 6.07) is 11.9. The van der Waals surface area contributed by atoms with Gasteiger partial charge in [0.05, 0.1) is 90.7 Å². The lowest BCUT2D eigenvalue weighted by Crippen LogP contribution is -2.14. The Labute approximate surface area is 481 Å². The van der Waals surface area contributed by atoms with E-state index in [1.165, 1.54) is 0 Å². The number of ether oxygens (including phenoxy) is 18. The lowest BCUT2D eigenvalue weighted by atomic mass is 9.92. The van der Waals surface area contributed by atoms with Crippen molar-refractivity contribution in [1.82, 2.24) is 0 Å². The fourth-order valence-corrected chi connectivity index (χ4v) is 11.4. The Bertz CT molecular complexity index is 2730. The molecule has 0 radical (unpaired) electrons. The molecule has 0 N–H and O–H groups in total. The summed E-state index contributed by atoms with van der Waals surface area (Å²) < 4.78 is 116. The second-order valence-electron chi connectivity index (χ2n) is 18.7. The summed E-state index contributed by atoms with van der Waals surface area (Å²) in [4.78, 5) is 0. The van der Waals surface area contributed by atoms with E-state index in [4.69, 9.17) is 108 Å². The molecule has 0 atom stereocenters. The number of hydrogen-bond acceptors (Lipinski definition) is 18. The van der Waals surface area contributed by atoms with Crippen LogP contribution in [-0.2, 0) is 38.5 Å². The smallest absolute Gasteiger partial charge is 0.203 e. The van der Waals surface area contributed by atoms with Gasteiger partial charge in [-0.3, -0.25) is 0 Å². The summed E-state index contributed by atoms with van der Waals surface area (Å²) in [6.07, 6.45) is 2.04. The zero-order chi connectivity index (χ0) is 57.5. The molecule has 434 valence electrons. The number of rotatable bonds is 12. The molecule has 6 aromatic carbocycles. The van der Waals surface area contributed by atoms with Gasteiger partial charge in [0, 0.05) is 71.9 Å². The minimum atomic E-state index is 0.0557. The number of halogens is 2. The molecule has 19 rings (SSSR count). The molecule has 6 aromatic rings. The van der Waals surface area contributed by atoms with Gasteiger partial charge in [0.1, 0.15) is 39.6 Å². The molecule has 0 saturated carbocycles. The maximum Gasteiger partial charge on any atom is 0.203 e. The number of benzene rings is 6. The maximum absolute atomic E-state index is 6.73. The Morgan fingerprint density at radius 2 is 0.395 bits per heavy atom. The first-order valence-corrected chi connectivity index (χ1v) is 27.1. The number of alkyl halides is 2. The van der Waals surface area contributed by atoms with Crippen molar-refractivity contribution in [3.63, 3.8) is 0 Å². The average Bonchev–Trinajstić information content (AvgIpc) is 3.85. The second-order valence-corrected chi connectivity index (χ2v) is 19.5. The van der Waals surface area contributed by atoms with Gasteiger partial charge in [-0.2, -0.15) is 0 Å². The molecule has 20 heteroatoms. The van der Waals surface area contributed by atoms with E-state index in [1.807, 2.05) is 36.4 Å². The highest BCUT2D eigenvalue weighted by atomic mass is 35.5. The monoisotopic (exact) mass is 1160 g/mol. The largest absolute Gasteiger partial charge is 0.493 e. The van der Waals surface area contributed by atoms with Crippen LogP contribution in [0.4, 0.5) is 0 Å². The van der Waals surface area contributed by atoms with Crippen LogP contribution >= 0.6 is 23.2 Å². The van der Waals surface area contributed by atoms with Crippen LogP contribution in [0.2, 0.25) is 0 Å². The fraction of sp³-hybridized carbons (Fsp3) is 0.410. The molecular formula is C61H68Cl2O18. The quantitative estimate of drug-likeness (QED) is 0.106. The van der Waals surface area contributed by atoms with Gasteiger partial charge in [0.25, 0.3) is 0 Å². The summed E-state index contributed by atoms with van der Waals surface area (Å²) in [7, 11) is 19.3. The Hall–Kier alpha value is -7.70. The second kappa shape index (κ2) is 25.8. The molecule has 11 aliphatic heterocycles. The highest BCUT2D eigenvalue weighted by molar-refractivity contribution is 6.40. The number of methoxy groups -OCH3 is 12.